The van der Waals surface area contributed by atoms with Gasteiger partial charge in [0.2, 0.25) is 0 Å². The second-order valence-electron chi connectivity index (χ2n) is 6.70. The first kappa shape index (κ1) is 18.0. The highest BCUT2D eigenvalue weighted by Gasteiger charge is 2.54. The van der Waals surface area contributed by atoms with E-state index in [4.69, 9.17) is 9.47 Å². The van der Waals surface area contributed by atoms with Gasteiger partial charge < -0.3 is 14.8 Å². The maximum absolute atomic E-state index is 5.92. The Morgan fingerprint density at radius 2 is 1.76 bits per heavy atom. The zero-order valence-corrected chi connectivity index (χ0v) is 15.8. The van der Waals surface area contributed by atoms with Crippen LogP contribution in [0.2, 0.25) is 0 Å². The number of benzene rings is 1. The lowest BCUT2D eigenvalue weighted by Crippen LogP contribution is -2.54. The Hall–Kier alpha value is -1.85. The predicted molar refractivity (Wildman–Crippen MR) is 100 cm³/mol. The molecule has 5 nitrogen and oxygen atoms in total. The maximum Gasteiger partial charge on any atom is 0.0759 e. The second-order valence-corrected chi connectivity index (χ2v) is 6.70. The fourth-order valence-electron chi connectivity index (χ4n) is 4.22. The van der Waals surface area contributed by atoms with Gasteiger partial charge in [-0.25, -0.2) is 0 Å². The number of H-pyrrole nitrogens is 1. The summed E-state index contributed by atoms with van der Waals surface area (Å²) in [6.07, 6.45) is 3.09. The summed E-state index contributed by atoms with van der Waals surface area (Å²) in [4.78, 5) is 0. The molecule has 0 radical (unpaired) electrons. The van der Waals surface area contributed by atoms with Crippen LogP contribution in [0.5, 0.6) is 0 Å². The zero-order chi connectivity index (χ0) is 18.0. The Bertz CT molecular complexity index is 701. The lowest BCUT2D eigenvalue weighted by molar-refractivity contribution is -0.116. The minimum absolute atomic E-state index is 0.0940. The van der Waals surface area contributed by atoms with Gasteiger partial charge in [0.05, 0.1) is 18.4 Å². The first-order chi connectivity index (χ1) is 12.2. The molecular weight excluding hydrogens is 314 g/mol. The summed E-state index contributed by atoms with van der Waals surface area (Å²) in [6, 6.07) is 6.65. The van der Waals surface area contributed by atoms with Crippen LogP contribution < -0.4 is 5.32 Å². The molecule has 2 aromatic rings. The number of methoxy groups -OCH3 is 2. The monoisotopic (exact) mass is 343 g/mol. The molecule has 0 amide bonds. The Balaban J connectivity index is 1.95. The molecular formula is C20H29N3O2. The number of aromatic nitrogens is 2. The predicted octanol–water partition coefficient (Wildman–Crippen LogP) is 3.62. The molecule has 1 saturated carbocycles. The molecule has 136 valence electrons. The van der Waals surface area contributed by atoms with Crippen LogP contribution in [0.1, 0.15) is 48.1 Å². The van der Waals surface area contributed by atoms with Gasteiger partial charge in [0.1, 0.15) is 0 Å². The van der Waals surface area contributed by atoms with E-state index < -0.39 is 0 Å². The lowest BCUT2D eigenvalue weighted by Gasteiger charge is -2.51. The molecule has 1 heterocycles. The van der Waals surface area contributed by atoms with Gasteiger partial charge in [0.25, 0.3) is 0 Å². The average molecular weight is 343 g/mol. The maximum atomic E-state index is 5.92. The summed E-state index contributed by atoms with van der Waals surface area (Å²) in [5.74, 6) is 0.442. The van der Waals surface area contributed by atoms with Gasteiger partial charge >= 0.3 is 0 Å². The second kappa shape index (κ2) is 7.58. The van der Waals surface area contributed by atoms with Gasteiger partial charge in [0, 0.05) is 49.5 Å². The number of aromatic amines is 1. The number of nitrogens with one attached hydrogen (secondary N) is 2. The highest BCUT2D eigenvalue weighted by Crippen LogP contribution is 2.52. The molecule has 0 spiro atoms. The number of hydrogen-bond donors (Lipinski definition) is 2. The van der Waals surface area contributed by atoms with Gasteiger partial charge in [-0.1, -0.05) is 13.0 Å². The van der Waals surface area contributed by atoms with Crippen LogP contribution in [-0.2, 0) is 15.9 Å². The molecule has 1 aliphatic carbocycles. The number of aryl methyl sites for hydroxylation is 2. The van der Waals surface area contributed by atoms with E-state index in [9.17, 15) is 0 Å². The van der Waals surface area contributed by atoms with Gasteiger partial charge in [-0.3, -0.25) is 5.10 Å². The standard InChI is InChI=1S/C20H29N3O2/c1-6-13-10-14(21-7-2)8-9-15(13)17-19(24-4)18(20(17)25-5)16-11-22-23-12(16)3/h8-11,17-21H,6-7H2,1-5H3,(H,22,23). The Kier molecular flexibility index (Phi) is 5.45. The Morgan fingerprint density at radius 1 is 1.08 bits per heavy atom. The molecule has 3 rings (SSSR count). The molecule has 1 aromatic heterocycles. The smallest absolute Gasteiger partial charge is 0.0759 e. The summed E-state index contributed by atoms with van der Waals surface area (Å²) >= 11 is 0. The quantitative estimate of drug-likeness (QED) is 0.806. The Labute approximate surface area is 150 Å². The molecule has 2 atom stereocenters. The van der Waals surface area contributed by atoms with Crippen LogP contribution in [0.3, 0.4) is 0 Å². The van der Waals surface area contributed by atoms with Crippen LogP contribution >= 0.6 is 0 Å². The van der Waals surface area contributed by atoms with Gasteiger partial charge in [-0.05, 0) is 43.5 Å². The third-order valence-electron chi connectivity index (χ3n) is 5.45. The van der Waals surface area contributed by atoms with Crippen LogP contribution in [-0.4, -0.2) is 43.2 Å². The van der Waals surface area contributed by atoms with Crippen molar-refractivity contribution in [3.8, 4) is 0 Å². The molecule has 5 heteroatoms. The molecule has 0 saturated heterocycles. The molecule has 1 fully saturated rings. The normalized spacial score (nSPS) is 25.6. The minimum atomic E-state index is 0.0940. The summed E-state index contributed by atoms with van der Waals surface area (Å²) in [7, 11) is 3.59. The molecule has 2 N–H and O–H groups in total. The number of rotatable bonds is 7. The van der Waals surface area contributed by atoms with E-state index in [-0.39, 0.29) is 24.0 Å². The average Bonchev–Trinajstić information content (AvgIpc) is 3.01. The molecule has 1 aromatic carbocycles. The summed E-state index contributed by atoms with van der Waals surface area (Å²) in [5.41, 5.74) is 6.14. The number of nitrogens with zero attached hydrogens (tertiary/aromatic N) is 1. The Morgan fingerprint density at radius 3 is 2.28 bits per heavy atom. The van der Waals surface area contributed by atoms with E-state index in [1.807, 2.05) is 6.20 Å². The van der Waals surface area contributed by atoms with Gasteiger partial charge in [-0.2, -0.15) is 5.10 Å². The van der Waals surface area contributed by atoms with Crippen molar-refractivity contribution < 1.29 is 9.47 Å². The zero-order valence-electron chi connectivity index (χ0n) is 15.8. The van der Waals surface area contributed by atoms with Crippen molar-refractivity contribution in [2.45, 2.75) is 51.2 Å². The summed E-state index contributed by atoms with van der Waals surface area (Å²) in [6.45, 7) is 7.30. The van der Waals surface area contributed by atoms with Crippen LogP contribution in [0, 0.1) is 6.92 Å². The third-order valence-corrected chi connectivity index (χ3v) is 5.45. The first-order valence-corrected chi connectivity index (χ1v) is 9.08. The van der Waals surface area contributed by atoms with E-state index in [0.717, 1.165) is 18.7 Å². The first-order valence-electron chi connectivity index (χ1n) is 9.08. The van der Waals surface area contributed by atoms with Crippen molar-refractivity contribution in [1.82, 2.24) is 10.2 Å². The SMILES string of the molecule is CCNc1ccc(C2C(OC)C(c3cn[nH]c3C)C2OC)c(CC)c1. The van der Waals surface area contributed by atoms with E-state index in [1.165, 1.54) is 22.4 Å². The summed E-state index contributed by atoms with van der Waals surface area (Å²) < 4.78 is 11.8. The lowest BCUT2D eigenvalue weighted by atomic mass is 9.62. The molecule has 1 aliphatic rings. The summed E-state index contributed by atoms with van der Waals surface area (Å²) in [5, 5.41) is 10.6. The van der Waals surface area contributed by atoms with Gasteiger partial charge in [0.15, 0.2) is 0 Å². The van der Waals surface area contributed by atoms with Crippen molar-refractivity contribution in [3.05, 3.63) is 46.8 Å². The number of anilines is 1. The highest BCUT2D eigenvalue weighted by atomic mass is 16.5. The third kappa shape index (κ3) is 3.07. The topological polar surface area (TPSA) is 59.2 Å². The van der Waals surface area contributed by atoms with Crippen molar-refractivity contribution in [1.29, 1.82) is 0 Å². The molecule has 25 heavy (non-hydrogen) atoms. The van der Waals surface area contributed by atoms with Crippen LogP contribution in [0.4, 0.5) is 5.69 Å². The van der Waals surface area contributed by atoms with Crippen molar-refractivity contribution in [3.63, 3.8) is 0 Å². The van der Waals surface area contributed by atoms with Crippen LogP contribution in [0.15, 0.2) is 24.4 Å². The van der Waals surface area contributed by atoms with E-state index >= 15 is 0 Å². The van der Waals surface area contributed by atoms with Crippen molar-refractivity contribution in [2.24, 2.45) is 0 Å². The molecule has 0 bridgehead atoms. The number of ether oxygens (including phenoxy) is 2. The van der Waals surface area contributed by atoms with Crippen molar-refractivity contribution in [2.75, 3.05) is 26.1 Å². The fourth-order valence-corrected chi connectivity index (χ4v) is 4.22. The largest absolute Gasteiger partial charge is 0.385 e. The van der Waals surface area contributed by atoms with Crippen LogP contribution in [0.25, 0.3) is 0 Å². The fraction of sp³-hybridized carbons (Fsp3) is 0.550. The number of hydrogen-bond acceptors (Lipinski definition) is 4. The molecule has 2 unspecified atom stereocenters. The highest BCUT2D eigenvalue weighted by molar-refractivity contribution is 5.51. The minimum Gasteiger partial charge on any atom is -0.385 e. The van der Waals surface area contributed by atoms with E-state index in [1.54, 1.807) is 14.2 Å². The molecule has 0 aliphatic heterocycles. The van der Waals surface area contributed by atoms with Crippen molar-refractivity contribution >= 4 is 5.69 Å². The van der Waals surface area contributed by atoms with Gasteiger partial charge in [-0.15, -0.1) is 0 Å². The van der Waals surface area contributed by atoms with E-state index in [2.05, 4.69) is 54.5 Å². The van der Waals surface area contributed by atoms with E-state index in [0.29, 0.717) is 0 Å².